The van der Waals surface area contributed by atoms with Crippen LogP contribution in [0.25, 0.3) is 0 Å². The van der Waals surface area contributed by atoms with Crippen LogP contribution in [0.15, 0.2) is 0 Å². The van der Waals surface area contributed by atoms with Crippen LogP contribution in [-0.2, 0) is 28.6 Å². The number of rotatable bonds is 13. The lowest BCUT2D eigenvalue weighted by Crippen LogP contribution is -2.60. The number of carboxylic acid groups (broad SMARTS) is 1. The van der Waals surface area contributed by atoms with Gasteiger partial charge in [-0.15, -0.1) is 0 Å². The minimum absolute atomic E-state index is 0.0485. The van der Waals surface area contributed by atoms with Gasteiger partial charge in [-0.25, -0.2) is 4.79 Å². The van der Waals surface area contributed by atoms with Crippen molar-refractivity contribution in [1.82, 2.24) is 10.6 Å². The molecular formula is C17H30N2O11. The zero-order chi connectivity index (χ0) is 22.7. The van der Waals surface area contributed by atoms with Gasteiger partial charge in [-0.2, -0.15) is 0 Å². The van der Waals surface area contributed by atoms with Gasteiger partial charge in [-0.1, -0.05) is 0 Å². The van der Waals surface area contributed by atoms with Gasteiger partial charge in [0.15, 0.2) is 6.29 Å². The van der Waals surface area contributed by atoms with Crippen molar-refractivity contribution in [2.24, 2.45) is 0 Å². The zero-order valence-corrected chi connectivity index (χ0v) is 16.6. The van der Waals surface area contributed by atoms with Crippen molar-refractivity contribution >= 4 is 17.8 Å². The topological polar surface area (TPSA) is 204 Å². The van der Waals surface area contributed by atoms with E-state index < -0.39 is 54.5 Å². The lowest BCUT2D eigenvalue weighted by atomic mass is 9.99. The highest BCUT2D eigenvalue weighted by Crippen LogP contribution is 2.19. The number of aliphatic carboxylic acids is 1. The largest absolute Gasteiger partial charge is 0.480 e. The van der Waals surface area contributed by atoms with Crippen molar-refractivity contribution in [2.45, 2.75) is 56.0 Å². The maximum absolute atomic E-state index is 11.9. The molecule has 2 amide bonds. The second-order valence-electron chi connectivity index (χ2n) is 6.69. The minimum atomic E-state index is -1.73. The number of ether oxygens (including phenoxy) is 3. The first kappa shape index (κ1) is 26.2. The normalized spacial score (nSPS) is 27.3. The third-order valence-electron chi connectivity index (χ3n) is 4.39. The number of carboxylic acids is 1. The molecular weight excluding hydrogens is 408 g/mol. The first-order chi connectivity index (χ1) is 14.2. The average molecular weight is 438 g/mol. The standard InChI is InChI=1S/C17H30N2O11/c1-28-6-7-29-5-4-12(21)19-9(16(25)26)2-3-11(20)18-8-10-13(22)14(23)15(24)17(27)30-10/h9-10,13-15,17,22-24,27H,2-8H2,1H3,(H,18,20)(H,19,21)(H,25,26)/t9?,10?,13-,14-,15?,17?/m0/s1. The molecule has 1 heterocycles. The van der Waals surface area contributed by atoms with E-state index in [1.54, 1.807) is 0 Å². The minimum Gasteiger partial charge on any atom is -0.480 e. The van der Waals surface area contributed by atoms with Crippen LogP contribution in [-0.4, -0.2) is 114 Å². The van der Waals surface area contributed by atoms with Crippen molar-refractivity contribution in [1.29, 1.82) is 0 Å². The molecule has 0 aromatic rings. The van der Waals surface area contributed by atoms with Crippen LogP contribution < -0.4 is 10.6 Å². The Morgan fingerprint density at radius 1 is 0.967 bits per heavy atom. The number of nitrogens with one attached hydrogen (secondary N) is 2. The highest BCUT2D eigenvalue weighted by Gasteiger charge is 2.42. The summed E-state index contributed by atoms with van der Waals surface area (Å²) in [4.78, 5) is 35.0. The lowest BCUT2D eigenvalue weighted by Gasteiger charge is -2.38. The van der Waals surface area contributed by atoms with E-state index in [2.05, 4.69) is 10.6 Å². The maximum Gasteiger partial charge on any atom is 0.326 e. The van der Waals surface area contributed by atoms with E-state index >= 15 is 0 Å². The fraction of sp³-hybridized carbons (Fsp3) is 0.824. The van der Waals surface area contributed by atoms with Crippen LogP contribution >= 0.6 is 0 Å². The molecule has 30 heavy (non-hydrogen) atoms. The summed E-state index contributed by atoms with van der Waals surface area (Å²) in [5.41, 5.74) is 0. The highest BCUT2D eigenvalue weighted by molar-refractivity contribution is 5.84. The van der Waals surface area contributed by atoms with Crippen molar-refractivity contribution in [3.63, 3.8) is 0 Å². The number of aliphatic hydroxyl groups excluding tert-OH is 4. The van der Waals surface area contributed by atoms with E-state index in [0.29, 0.717) is 13.2 Å². The van der Waals surface area contributed by atoms with Crippen molar-refractivity contribution in [3.05, 3.63) is 0 Å². The van der Waals surface area contributed by atoms with Crippen LogP contribution in [0.3, 0.4) is 0 Å². The second-order valence-corrected chi connectivity index (χ2v) is 6.69. The van der Waals surface area contributed by atoms with Crippen LogP contribution in [0.1, 0.15) is 19.3 Å². The summed E-state index contributed by atoms with van der Waals surface area (Å²) >= 11 is 0. The summed E-state index contributed by atoms with van der Waals surface area (Å²) in [6, 6.07) is -1.28. The monoisotopic (exact) mass is 438 g/mol. The third-order valence-corrected chi connectivity index (χ3v) is 4.39. The summed E-state index contributed by atoms with van der Waals surface area (Å²) in [5, 5.41) is 52.1. The molecule has 6 atom stereocenters. The second kappa shape index (κ2) is 13.4. The van der Waals surface area contributed by atoms with Gasteiger partial charge in [-0.05, 0) is 6.42 Å². The predicted molar refractivity (Wildman–Crippen MR) is 98.0 cm³/mol. The third kappa shape index (κ3) is 8.87. The molecule has 0 bridgehead atoms. The molecule has 0 aliphatic carbocycles. The smallest absolute Gasteiger partial charge is 0.326 e. The van der Waals surface area contributed by atoms with Crippen molar-refractivity contribution in [2.75, 3.05) is 33.5 Å². The highest BCUT2D eigenvalue weighted by atomic mass is 16.6. The number of methoxy groups -OCH3 is 1. The Morgan fingerprint density at radius 3 is 2.30 bits per heavy atom. The summed E-state index contributed by atoms with van der Waals surface area (Å²) < 4.78 is 14.8. The summed E-state index contributed by atoms with van der Waals surface area (Å²) in [5.74, 6) is -2.44. The quantitative estimate of drug-likeness (QED) is 0.139. The van der Waals surface area contributed by atoms with E-state index in [0.717, 1.165) is 0 Å². The lowest BCUT2D eigenvalue weighted by molar-refractivity contribution is -0.280. The van der Waals surface area contributed by atoms with Gasteiger partial charge in [0.05, 0.1) is 19.8 Å². The SMILES string of the molecule is COCCOCCC(=O)NC(CCC(=O)NCC1OC(O)C(O)[C@@H](O)[C@H]1O)C(=O)O. The summed E-state index contributed by atoms with van der Waals surface area (Å²) in [7, 11) is 1.51. The molecule has 0 spiro atoms. The Morgan fingerprint density at radius 2 is 1.67 bits per heavy atom. The Bertz CT molecular complexity index is 562. The Kier molecular flexibility index (Phi) is 11.7. The first-order valence-electron chi connectivity index (χ1n) is 9.40. The molecule has 13 heteroatoms. The molecule has 0 radical (unpaired) electrons. The van der Waals surface area contributed by atoms with Gasteiger partial charge in [0.2, 0.25) is 11.8 Å². The number of hydrogen-bond acceptors (Lipinski definition) is 10. The predicted octanol–water partition coefficient (Wildman–Crippen LogP) is -3.69. The Labute approximate surface area is 172 Å². The van der Waals surface area contributed by atoms with Gasteiger partial charge < -0.3 is 50.4 Å². The average Bonchev–Trinajstić information content (AvgIpc) is 2.70. The molecule has 13 nitrogen and oxygen atoms in total. The molecule has 7 N–H and O–H groups in total. The van der Waals surface area contributed by atoms with Crippen LogP contribution in [0, 0.1) is 0 Å². The molecule has 0 aromatic heterocycles. The van der Waals surface area contributed by atoms with E-state index in [1.807, 2.05) is 0 Å². The Balaban J connectivity index is 2.35. The molecule has 1 aliphatic heterocycles. The number of carbonyl (C=O) groups is 3. The van der Waals surface area contributed by atoms with Gasteiger partial charge in [0.1, 0.15) is 30.5 Å². The van der Waals surface area contributed by atoms with Gasteiger partial charge in [0, 0.05) is 26.5 Å². The van der Waals surface area contributed by atoms with Crippen LogP contribution in [0.5, 0.6) is 0 Å². The molecule has 0 aromatic carbocycles. The molecule has 0 saturated carbocycles. The summed E-state index contributed by atoms with van der Waals surface area (Å²) in [6.07, 6.45) is -8.26. The maximum atomic E-state index is 11.9. The molecule has 1 aliphatic rings. The van der Waals surface area contributed by atoms with E-state index in [4.69, 9.17) is 14.2 Å². The van der Waals surface area contributed by atoms with Crippen molar-refractivity contribution < 1.29 is 54.1 Å². The number of amides is 2. The first-order valence-corrected chi connectivity index (χ1v) is 9.40. The molecule has 1 saturated heterocycles. The van der Waals surface area contributed by atoms with E-state index in [9.17, 15) is 39.9 Å². The number of hydrogen-bond donors (Lipinski definition) is 7. The fourth-order valence-electron chi connectivity index (χ4n) is 2.61. The van der Waals surface area contributed by atoms with Crippen LogP contribution in [0.2, 0.25) is 0 Å². The van der Waals surface area contributed by atoms with Crippen LogP contribution in [0.4, 0.5) is 0 Å². The fourth-order valence-corrected chi connectivity index (χ4v) is 2.61. The zero-order valence-electron chi connectivity index (χ0n) is 16.6. The number of carbonyl (C=O) groups excluding carboxylic acids is 2. The molecule has 4 unspecified atom stereocenters. The van der Waals surface area contributed by atoms with Gasteiger partial charge in [-0.3, -0.25) is 9.59 Å². The van der Waals surface area contributed by atoms with Crippen molar-refractivity contribution in [3.8, 4) is 0 Å². The van der Waals surface area contributed by atoms with E-state index in [-0.39, 0.29) is 32.4 Å². The van der Waals surface area contributed by atoms with Gasteiger partial charge >= 0.3 is 5.97 Å². The van der Waals surface area contributed by atoms with Gasteiger partial charge in [0.25, 0.3) is 0 Å². The molecule has 1 rings (SSSR count). The molecule has 174 valence electrons. The Hall–Kier alpha value is -1.87. The van der Waals surface area contributed by atoms with E-state index in [1.165, 1.54) is 7.11 Å². The number of aliphatic hydroxyl groups is 4. The summed E-state index contributed by atoms with van der Waals surface area (Å²) in [6.45, 7) is 0.483. The molecule has 1 fully saturated rings.